The summed E-state index contributed by atoms with van der Waals surface area (Å²) in [6, 6.07) is 109. The van der Waals surface area contributed by atoms with E-state index in [-0.39, 0.29) is 0 Å². The molecule has 0 aromatic heterocycles. The molecule has 0 spiro atoms. The van der Waals surface area contributed by atoms with Gasteiger partial charge < -0.3 is 4.90 Å². The highest BCUT2D eigenvalue weighted by molar-refractivity contribution is 5.98. The minimum absolute atomic E-state index is 0.522. The quantitative estimate of drug-likeness (QED) is 0.132. The predicted molar refractivity (Wildman–Crippen MR) is 303 cm³/mol. The summed E-state index contributed by atoms with van der Waals surface area (Å²) in [5.74, 6) is 0. The van der Waals surface area contributed by atoms with Gasteiger partial charge in [0.1, 0.15) is 0 Å². The van der Waals surface area contributed by atoms with Crippen LogP contribution in [0.2, 0.25) is 0 Å². The second-order valence-corrected chi connectivity index (χ2v) is 18.8. The van der Waals surface area contributed by atoms with Crippen molar-refractivity contribution in [2.24, 2.45) is 0 Å². The standard InChI is InChI=1S/C71H49N/c1-4-17-50(18-5-1)52-33-39-56(40-34-52)60-23-15-28-65(49-60)72(69-32-16-31-68-70(69)66-29-12-13-30-67(66)71(68,62-24-6-2-7-25-62)63-26-8-3-9-27-63)64-45-43-54(44-46-64)53-35-37-55(38-36-53)58-21-14-22-59(47-58)61-42-41-51-19-10-11-20-57(51)48-61/h1-49H. The Morgan fingerprint density at radius 1 is 0.236 bits per heavy atom. The topological polar surface area (TPSA) is 3.24 Å². The van der Waals surface area contributed by atoms with Crippen LogP contribution in [-0.2, 0) is 5.41 Å². The van der Waals surface area contributed by atoms with Crippen molar-refractivity contribution in [3.8, 4) is 66.8 Å². The van der Waals surface area contributed by atoms with Gasteiger partial charge in [-0.2, -0.15) is 0 Å². The molecule has 0 bridgehead atoms. The van der Waals surface area contributed by atoms with Crippen LogP contribution < -0.4 is 4.90 Å². The molecule has 13 rings (SSSR count). The van der Waals surface area contributed by atoms with Crippen LogP contribution in [0.25, 0.3) is 77.5 Å². The molecular weight excluding hydrogens is 867 g/mol. The van der Waals surface area contributed by atoms with Crippen LogP contribution in [0.15, 0.2) is 297 Å². The molecule has 0 atom stereocenters. The summed E-state index contributed by atoms with van der Waals surface area (Å²) in [6.07, 6.45) is 0. The van der Waals surface area contributed by atoms with Crippen LogP contribution in [0.5, 0.6) is 0 Å². The molecule has 12 aromatic carbocycles. The minimum atomic E-state index is -0.522. The first-order chi connectivity index (χ1) is 35.7. The van der Waals surface area contributed by atoms with E-state index in [4.69, 9.17) is 0 Å². The number of fused-ring (bicyclic) bond motifs is 4. The van der Waals surface area contributed by atoms with Gasteiger partial charge in [0, 0.05) is 16.9 Å². The number of rotatable bonds is 10. The van der Waals surface area contributed by atoms with Gasteiger partial charge in [0.25, 0.3) is 0 Å². The Bertz CT molecular complexity index is 3840. The summed E-state index contributed by atoms with van der Waals surface area (Å²) >= 11 is 0. The third kappa shape index (κ3) is 7.51. The molecule has 1 heteroatoms. The van der Waals surface area contributed by atoms with Crippen molar-refractivity contribution < 1.29 is 0 Å². The highest BCUT2D eigenvalue weighted by atomic mass is 15.1. The number of anilines is 3. The molecule has 1 aliphatic carbocycles. The zero-order chi connectivity index (χ0) is 47.8. The van der Waals surface area contributed by atoms with E-state index in [0.717, 1.165) is 22.6 Å². The summed E-state index contributed by atoms with van der Waals surface area (Å²) < 4.78 is 0. The van der Waals surface area contributed by atoms with Crippen LogP contribution in [0.1, 0.15) is 22.3 Å². The van der Waals surface area contributed by atoms with Crippen molar-refractivity contribution in [3.63, 3.8) is 0 Å². The third-order valence-electron chi connectivity index (χ3n) is 14.8. The van der Waals surface area contributed by atoms with Crippen molar-refractivity contribution in [2.45, 2.75) is 5.41 Å². The van der Waals surface area contributed by atoms with E-state index < -0.39 is 5.41 Å². The first kappa shape index (κ1) is 42.8. The van der Waals surface area contributed by atoms with Gasteiger partial charge in [0.2, 0.25) is 0 Å². The van der Waals surface area contributed by atoms with Crippen molar-refractivity contribution >= 4 is 27.8 Å². The van der Waals surface area contributed by atoms with E-state index in [1.165, 1.54) is 94.2 Å². The van der Waals surface area contributed by atoms with E-state index in [2.05, 4.69) is 302 Å². The molecule has 0 N–H and O–H groups in total. The lowest BCUT2D eigenvalue weighted by Crippen LogP contribution is -2.28. The van der Waals surface area contributed by atoms with Crippen molar-refractivity contribution in [1.82, 2.24) is 0 Å². The average Bonchev–Trinajstić information content (AvgIpc) is 3.78. The Morgan fingerprint density at radius 3 is 1.29 bits per heavy atom. The Kier molecular flexibility index (Phi) is 10.8. The molecule has 12 aromatic rings. The maximum Gasteiger partial charge on any atom is 0.0714 e. The number of nitrogens with zero attached hydrogens (tertiary/aromatic N) is 1. The van der Waals surface area contributed by atoms with E-state index in [1.807, 2.05) is 0 Å². The lowest BCUT2D eigenvalue weighted by atomic mass is 9.68. The number of benzene rings is 12. The van der Waals surface area contributed by atoms with Gasteiger partial charge in [-0.15, -0.1) is 0 Å². The smallest absolute Gasteiger partial charge is 0.0714 e. The highest BCUT2D eigenvalue weighted by Gasteiger charge is 2.47. The molecular formula is C71H49N. The predicted octanol–water partition coefficient (Wildman–Crippen LogP) is 19.0. The van der Waals surface area contributed by atoms with Gasteiger partial charge in [0.15, 0.2) is 0 Å². The van der Waals surface area contributed by atoms with Crippen LogP contribution >= 0.6 is 0 Å². The zero-order valence-electron chi connectivity index (χ0n) is 39.7. The molecule has 338 valence electrons. The van der Waals surface area contributed by atoms with Gasteiger partial charge in [-0.05, 0) is 137 Å². The Morgan fingerprint density at radius 2 is 0.653 bits per heavy atom. The van der Waals surface area contributed by atoms with Gasteiger partial charge in [-0.25, -0.2) is 0 Å². The van der Waals surface area contributed by atoms with Crippen LogP contribution in [0, 0.1) is 0 Å². The van der Waals surface area contributed by atoms with E-state index in [0.29, 0.717) is 0 Å². The highest BCUT2D eigenvalue weighted by Crippen LogP contribution is 2.59. The van der Waals surface area contributed by atoms with Crippen LogP contribution in [0.3, 0.4) is 0 Å². The fourth-order valence-corrected chi connectivity index (χ4v) is 11.3. The molecule has 0 aliphatic heterocycles. The largest absolute Gasteiger partial charge is 0.310 e. The van der Waals surface area contributed by atoms with Crippen molar-refractivity contribution in [3.05, 3.63) is 320 Å². The normalized spacial score (nSPS) is 12.3. The molecule has 0 heterocycles. The van der Waals surface area contributed by atoms with Crippen LogP contribution in [0.4, 0.5) is 17.1 Å². The Balaban J connectivity index is 0.913. The molecule has 1 nitrogen and oxygen atoms in total. The maximum atomic E-state index is 2.47. The fourth-order valence-electron chi connectivity index (χ4n) is 11.3. The van der Waals surface area contributed by atoms with E-state index in [1.54, 1.807) is 0 Å². The van der Waals surface area contributed by atoms with Crippen LogP contribution in [-0.4, -0.2) is 0 Å². The van der Waals surface area contributed by atoms with Gasteiger partial charge >= 0.3 is 0 Å². The van der Waals surface area contributed by atoms with E-state index >= 15 is 0 Å². The molecule has 72 heavy (non-hydrogen) atoms. The summed E-state index contributed by atoms with van der Waals surface area (Å²) in [7, 11) is 0. The van der Waals surface area contributed by atoms with Gasteiger partial charge in [-0.1, -0.05) is 255 Å². The molecule has 1 aliphatic rings. The Labute approximate surface area is 422 Å². The number of hydrogen-bond donors (Lipinski definition) is 0. The second kappa shape index (κ2) is 18.2. The zero-order valence-corrected chi connectivity index (χ0v) is 39.7. The lowest BCUT2D eigenvalue weighted by Gasteiger charge is -2.34. The SMILES string of the molecule is c1ccc(-c2ccc(-c3cccc(N(c4ccc(-c5ccc(-c6cccc(-c7ccc8ccccc8c7)c6)cc5)cc4)c4cccc5c4-c4ccccc4C5(c4ccccc4)c4ccccc4)c3)cc2)cc1. The maximum absolute atomic E-state index is 2.47. The summed E-state index contributed by atoms with van der Waals surface area (Å²) in [4.78, 5) is 2.47. The molecule has 0 amide bonds. The van der Waals surface area contributed by atoms with Crippen molar-refractivity contribution in [2.75, 3.05) is 4.90 Å². The summed E-state index contributed by atoms with van der Waals surface area (Å²) in [5.41, 5.74) is 22.3. The van der Waals surface area contributed by atoms with Crippen molar-refractivity contribution in [1.29, 1.82) is 0 Å². The molecule has 0 radical (unpaired) electrons. The lowest BCUT2D eigenvalue weighted by molar-refractivity contribution is 0.768. The van der Waals surface area contributed by atoms with E-state index in [9.17, 15) is 0 Å². The first-order valence-corrected chi connectivity index (χ1v) is 24.9. The molecule has 0 unspecified atom stereocenters. The third-order valence-corrected chi connectivity index (χ3v) is 14.8. The Hall–Kier alpha value is -9.30. The first-order valence-electron chi connectivity index (χ1n) is 24.9. The average molecular weight is 916 g/mol. The number of hydrogen-bond acceptors (Lipinski definition) is 1. The molecule has 0 fully saturated rings. The monoisotopic (exact) mass is 915 g/mol. The summed E-state index contributed by atoms with van der Waals surface area (Å²) in [5, 5.41) is 2.51. The molecule has 0 saturated carbocycles. The second-order valence-electron chi connectivity index (χ2n) is 18.8. The summed E-state index contributed by atoms with van der Waals surface area (Å²) in [6.45, 7) is 0. The minimum Gasteiger partial charge on any atom is -0.310 e. The molecule has 0 saturated heterocycles. The van der Waals surface area contributed by atoms with Gasteiger partial charge in [-0.3, -0.25) is 0 Å². The van der Waals surface area contributed by atoms with Gasteiger partial charge in [0.05, 0.1) is 11.1 Å². The fraction of sp³-hybridized carbons (Fsp3) is 0.0141.